The van der Waals surface area contributed by atoms with Gasteiger partial charge in [0.2, 0.25) is 0 Å². The molecule has 5 rings (SSSR count). The van der Waals surface area contributed by atoms with Gasteiger partial charge in [0.1, 0.15) is 12.4 Å². The number of imidazole rings is 1. The first kappa shape index (κ1) is 23.4. The second kappa shape index (κ2) is 8.41. The zero-order chi connectivity index (χ0) is 25.8. The highest BCUT2D eigenvalue weighted by molar-refractivity contribution is 7.17. The average molecular weight is 517 g/mol. The number of aromatic nitrogens is 5. The molecule has 0 radical (unpaired) electrons. The Hall–Kier alpha value is -4.33. The fourth-order valence-electron chi connectivity index (χ4n) is 4.17. The molecule has 4 heterocycles. The molecule has 36 heavy (non-hydrogen) atoms. The molecule has 0 spiro atoms. The van der Waals surface area contributed by atoms with Gasteiger partial charge in [-0.05, 0) is 31.2 Å². The van der Waals surface area contributed by atoms with Gasteiger partial charge in [-0.25, -0.2) is 4.79 Å². The molecule has 0 aliphatic carbocycles. The van der Waals surface area contributed by atoms with Crippen LogP contribution in [0.4, 0.5) is 19.0 Å². The smallest absolute Gasteiger partial charge is 0.365 e. The molecule has 0 saturated carbocycles. The van der Waals surface area contributed by atoms with Crippen LogP contribution in [0.2, 0.25) is 0 Å². The Bertz CT molecular complexity index is 1690. The van der Waals surface area contributed by atoms with E-state index in [1.165, 1.54) is 28.0 Å². The number of nitrogens with zero attached hydrogens (tertiary/aromatic N) is 3. The summed E-state index contributed by atoms with van der Waals surface area (Å²) in [5, 5.41) is 9.38. The van der Waals surface area contributed by atoms with Crippen molar-refractivity contribution in [3.8, 4) is 10.4 Å². The SMILES string of the molecule is CCn1c(=O)n(CC(F)(F)F)c2cc3c(C(N)=O)c(NC(=O)c4ccc(-c5cn[nH]c5)s4)[nH]c3cc21. The molecule has 1 aromatic carbocycles. The zero-order valence-electron chi connectivity index (χ0n) is 18.6. The molecular weight excluding hydrogens is 499 g/mol. The number of hydrogen-bond acceptors (Lipinski definition) is 5. The molecule has 5 N–H and O–H groups in total. The first-order valence-corrected chi connectivity index (χ1v) is 11.4. The van der Waals surface area contributed by atoms with Crippen molar-refractivity contribution in [1.29, 1.82) is 0 Å². The highest BCUT2D eigenvalue weighted by Gasteiger charge is 2.31. The maximum Gasteiger partial charge on any atom is 0.406 e. The van der Waals surface area contributed by atoms with E-state index < -0.39 is 30.2 Å². The van der Waals surface area contributed by atoms with Crippen molar-refractivity contribution >= 4 is 50.9 Å². The molecule has 4 aromatic heterocycles. The first-order valence-electron chi connectivity index (χ1n) is 10.6. The van der Waals surface area contributed by atoms with Crippen LogP contribution in [0.3, 0.4) is 0 Å². The second-order valence-corrected chi connectivity index (χ2v) is 9.04. The lowest BCUT2D eigenvalue weighted by Gasteiger charge is -2.07. The van der Waals surface area contributed by atoms with Crippen molar-refractivity contribution in [3.63, 3.8) is 0 Å². The van der Waals surface area contributed by atoms with Crippen LogP contribution in [0.15, 0.2) is 41.5 Å². The summed E-state index contributed by atoms with van der Waals surface area (Å²) in [6.45, 7) is 0.283. The van der Waals surface area contributed by atoms with Gasteiger partial charge >= 0.3 is 11.9 Å². The Kier molecular flexibility index (Phi) is 5.47. The van der Waals surface area contributed by atoms with Gasteiger partial charge in [0.25, 0.3) is 11.8 Å². The van der Waals surface area contributed by atoms with Gasteiger partial charge in [0.05, 0.1) is 33.2 Å². The number of benzene rings is 1. The average Bonchev–Trinajstić information content (AvgIpc) is 3.57. The highest BCUT2D eigenvalue weighted by Crippen LogP contribution is 2.32. The number of halogens is 3. The number of anilines is 1. The number of amides is 2. The van der Waals surface area contributed by atoms with Crippen molar-refractivity contribution in [2.75, 3.05) is 5.32 Å². The van der Waals surface area contributed by atoms with Crippen LogP contribution in [0.5, 0.6) is 0 Å². The van der Waals surface area contributed by atoms with Crippen LogP contribution < -0.4 is 16.7 Å². The van der Waals surface area contributed by atoms with E-state index in [4.69, 9.17) is 5.73 Å². The summed E-state index contributed by atoms with van der Waals surface area (Å²) in [4.78, 5) is 42.0. The minimum Gasteiger partial charge on any atom is -0.365 e. The summed E-state index contributed by atoms with van der Waals surface area (Å²) in [5.74, 6) is -1.41. The summed E-state index contributed by atoms with van der Waals surface area (Å²) < 4.78 is 41.4. The van der Waals surface area contributed by atoms with Gasteiger partial charge in [-0.1, -0.05) is 0 Å². The molecule has 0 saturated heterocycles. The molecule has 0 fully saturated rings. The minimum absolute atomic E-state index is 0.00109. The van der Waals surface area contributed by atoms with E-state index in [2.05, 4.69) is 20.5 Å². The molecule has 186 valence electrons. The molecule has 0 bridgehead atoms. The van der Waals surface area contributed by atoms with Crippen molar-refractivity contribution in [2.45, 2.75) is 26.2 Å². The predicted molar refractivity (Wildman–Crippen MR) is 128 cm³/mol. The lowest BCUT2D eigenvalue weighted by atomic mass is 10.1. The Balaban J connectivity index is 1.60. The molecule has 2 amide bonds. The van der Waals surface area contributed by atoms with E-state index in [0.29, 0.717) is 15.0 Å². The molecule has 0 aliphatic heterocycles. The molecular formula is C22H18F3N7O3S. The third-order valence-electron chi connectivity index (χ3n) is 5.69. The quantitative estimate of drug-likeness (QED) is 0.272. The van der Waals surface area contributed by atoms with Crippen LogP contribution in [0.1, 0.15) is 27.0 Å². The summed E-state index contributed by atoms with van der Waals surface area (Å²) >= 11 is 1.21. The van der Waals surface area contributed by atoms with E-state index in [1.807, 2.05) is 0 Å². The van der Waals surface area contributed by atoms with Gasteiger partial charge in [-0.2, -0.15) is 18.3 Å². The van der Waals surface area contributed by atoms with Crippen LogP contribution >= 0.6 is 11.3 Å². The van der Waals surface area contributed by atoms with Crippen molar-refractivity contribution in [1.82, 2.24) is 24.3 Å². The van der Waals surface area contributed by atoms with E-state index in [0.717, 1.165) is 10.4 Å². The minimum atomic E-state index is -4.63. The highest BCUT2D eigenvalue weighted by atomic mass is 32.1. The number of primary amides is 1. The molecule has 0 atom stereocenters. The fraction of sp³-hybridized carbons (Fsp3) is 0.182. The van der Waals surface area contributed by atoms with Gasteiger partial charge in [0, 0.05) is 28.6 Å². The normalized spacial score (nSPS) is 12.0. The number of fused-ring (bicyclic) bond motifs is 2. The first-order chi connectivity index (χ1) is 17.1. The van der Waals surface area contributed by atoms with E-state index in [1.54, 1.807) is 31.5 Å². The molecule has 5 aromatic rings. The summed E-state index contributed by atoms with van der Waals surface area (Å²) in [6.07, 6.45) is -1.34. The third-order valence-corrected chi connectivity index (χ3v) is 6.82. The van der Waals surface area contributed by atoms with Crippen LogP contribution in [0, 0.1) is 0 Å². The number of carbonyl (C=O) groups is 2. The standard InChI is InChI=1S/C22H18F3N7O3S/c1-2-31-14-6-12-11(5-13(14)32(21(31)35)9-22(23,24)25)17(18(26)33)19(29-12)30-20(34)16-4-3-15(36-16)10-7-27-28-8-10/h3-8,29H,2,9H2,1H3,(H2,26,33)(H,27,28)(H,30,34). The second-order valence-electron chi connectivity index (χ2n) is 7.96. The van der Waals surface area contributed by atoms with Crippen LogP contribution in [-0.4, -0.2) is 42.3 Å². The number of alkyl halides is 3. The van der Waals surface area contributed by atoms with Crippen LogP contribution in [0.25, 0.3) is 32.4 Å². The largest absolute Gasteiger partial charge is 0.406 e. The number of aromatic amines is 2. The van der Waals surface area contributed by atoms with Crippen molar-refractivity contribution in [3.05, 3.63) is 57.6 Å². The lowest BCUT2D eigenvalue weighted by Crippen LogP contribution is -2.29. The number of H-pyrrole nitrogens is 2. The summed E-state index contributed by atoms with van der Waals surface area (Å²) in [6, 6.07) is 6.13. The van der Waals surface area contributed by atoms with E-state index in [-0.39, 0.29) is 34.3 Å². The number of rotatable bonds is 6. The number of thiophene rings is 1. The molecule has 0 unspecified atom stereocenters. The molecule has 10 nitrogen and oxygen atoms in total. The number of carbonyl (C=O) groups excluding carboxylic acids is 2. The summed E-state index contributed by atoms with van der Waals surface area (Å²) in [7, 11) is 0. The molecule has 14 heteroatoms. The Morgan fingerprint density at radius 3 is 2.58 bits per heavy atom. The number of aryl methyl sites for hydroxylation is 1. The van der Waals surface area contributed by atoms with Gasteiger partial charge < -0.3 is 16.0 Å². The lowest BCUT2D eigenvalue weighted by molar-refractivity contribution is -0.140. The number of nitrogens with one attached hydrogen (secondary N) is 3. The monoisotopic (exact) mass is 517 g/mol. The third kappa shape index (κ3) is 3.94. The van der Waals surface area contributed by atoms with Crippen molar-refractivity contribution < 1.29 is 22.8 Å². The van der Waals surface area contributed by atoms with E-state index in [9.17, 15) is 27.6 Å². The number of nitrogens with two attached hydrogens (primary N) is 1. The Morgan fingerprint density at radius 2 is 1.94 bits per heavy atom. The van der Waals surface area contributed by atoms with Gasteiger partial charge in [-0.3, -0.25) is 23.8 Å². The predicted octanol–water partition coefficient (Wildman–Crippen LogP) is 3.67. The van der Waals surface area contributed by atoms with Gasteiger partial charge in [-0.15, -0.1) is 11.3 Å². The fourth-order valence-corrected chi connectivity index (χ4v) is 5.05. The number of hydrogen-bond donors (Lipinski definition) is 4. The Labute approximate surface area is 203 Å². The topological polar surface area (TPSA) is 144 Å². The Morgan fingerprint density at radius 1 is 1.19 bits per heavy atom. The maximum atomic E-state index is 13.2. The van der Waals surface area contributed by atoms with Crippen LogP contribution in [-0.2, 0) is 13.1 Å². The summed E-state index contributed by atoms with van der Waals surface area (Å²) in [5.41, 5.74) is 6.02. The maximum absolute atomic E-state index is 13.2. The zero-order valence-corrected chi connectivity index (χ0v) is 19.4. The van der Waals surface area contributed by atoms with Gasteiger partial charge in [0.15, 0.2) is 0 Å². The molecule has 0 aliphatic rings. The van der Waals surface area contributed by atoms with Crippen molar-refractivity contribution in [2.24, 2.45) is 5.73 Å². The van der Waals surface area contributed by atoms with E-state index >= 15 is 0 Å².